The quantitative estimate of drug-likeness (QED) is 0.925. The first kappa shape index (κ1) is 16.1. The highest BCUT2D eigenvalue weighted by molar-refractivity contribution is 5.48. The maximum Gasteiger partial charge on any atom is 0.419 e. The van der Waals surface area contributed by atoms with E-state index in [1.807, 2.05) is 0 Å². The fourth-order valence-corrected chi connectivity index (χ4v) is 2.62. The zero-order chi connectivity index (χ0) is 15.5. The van der Waals surface area contributed by atoms with E-state index in [1.54, 1.807) is 4.90 Å². The third kappa shape index (κ3) is 4.33. The Morgan fingerprint density at radius 3 is 2.57 bits per heavy atom. The topological polar surface area (TPSA) is 28.2 Å². The number of pyridine rings is 1. The Morgan fingerprint density at radius 1 is 1.33 bits per heavy atom. The van der Waals surface area contributed by atoms with Crippen molar-refractivity contribution in [1.29, 1.82) is 0 Å². The minimum atomic E-state index is -4.35. The van der Waals surface area contributed by atoms with Gasteiger partial charge in [-0.05, 0) is 37.4 Å². The average Bonchev–Trinajstić information content (AvgIpc) is 2.45. The van der Waals surface area contributed by atoms with Crippen LogP contribution in [-0.4, -0.2) is 30.7 Å². The van der Waals surface area contributed by atoms with Gasteiger partial charge in [0, 0.05) is 25.3 Å². The number of rotatable bonds is 4. The second-order valence-electron chi connectivity index (χ2n) is 5.87. The third-order valence-corrected chi connectivity index (χ3v) is 3.82. The highest BCUT2D eigenvalue weighted by Crippen LogP contribution is 2.36. The molecular formula is C15H22F3N3. The number of hydrogen-bond acceptors (Lipinski definition) is 3. The molecule has 0 unspecified atom stereocenters. The van der Waals surface area contributed by atoms with Gasteiger partial charge in [-0.25, -0.2) is 4.98 Å². The average molecular weight is 301 g/mol. The molecule has 1 aliphatic rings. The second-order valence-corrected chi connectivity index (χ2v) is 5.87. The molecule has 0 amide bonds. The first-order valence-electron chi connectivity index (χ1n) is 7.38. The zero-order valence-corrected chi connectivity index (χ0v) is 12.5. The Bertz CT molecular complexity index is 452. The van der Waals surface area contributed by atoms with E-state index in [2.05, 4.69) is 24.1 Å². The molecule has 0 saturated carbocycles. The van der Waals surface area contributed by atoms with Gasteiger partial charge in [-0.1, -0.05) is 13.8 Å². The van der Waals surface area contributed by atoms with E-state index in [0.29, 0.717) is 25.0 Å². The molecule has 1 aliphatic heterocycles. The maximum absolute atomic E-state index is 13.0. The molecule has 21 heavy (non-hydrogen) atoms. The van der Waals surface area contributed by atoms with Gasteiger partial charge in [-0.3, -0.25) is 0 Å². The normalized spacial score (nSPS) is 17.5. The van der Waals surface area contributed by atoms with Gasteiger partial charge in [-0.2, -0.15) is 13.2 Å². The molecule has 2 rings (SSSR count). The van der Waals surface area contributed by atoms with Crippen LogP contribution in [0.25, 0.3) is 0 Å². The van der Waals surface area contributed by atoms with Crippen LogP contribution < -0.4 is 10.2 Å². The summed E-state index contributed by atoms with van der Waals surface area (Å²) in [7, 11) is 0. The third-order valence-electron chi connectivity index (χ3n) is 3.82. The minimum absolute atomic E-state index is 0.0697. The Labute approximate surface area is 123 Å². The lowest BCUT2D eigenvalue weighted by Gasteiger charge is -2.34. The minimum Gasteiger partial charge on any atom is -0.356 e. The Morgan fingerprint density at radius 2 is 2.00 bits per heavy atom. The van der Waals surface area contributed by atoms with Crippen LogP contribution in [0.2, 0.25) is 0 Å². The van der Waals surface area contributed by atoms with Crippen LogP contribution in [0.1, 0.15) is 32.3 Å². The molecule has 2 heterocycles. The summed E-state index contributed by atoms with van der Waals surface area (Å²) in [5.41, 5.74) is -0.635. The van der Waals surface area contributed by atoms with Gasteiger partial charge >= 0.3 is 6.18 Å². The molecule has 0 atom stereocenters. The Balaban J connectivity index is 2.00. The van der Waals surface area contributed by atoms with Crippen molar-refractivity contribution in [3.8, 4) is 0 Å². The molecule has 6 heteroatoms. The lowest BCUT2D eigenvalue weighted by molar-refractivity contribution is -0.137. The van der Waals surface area contributed by atoms with E-state index in [-0.39, 0.29) is 5.82 Å². The smallest absolute Gasteiger partial charge is 0.356 e. The molecule has 1 aromatic rings. The lowest BCUT2D eigenvalue weighted by Crippen LogP contribution is -2.39. The largest absolute Gasteiger partial charge is 0.419 e. The summed E-state index contributed by atoms with van der Waals surface area (Å²) < 4.78 is 39.0. The first-order valence-corrected chi connectivity index (χ1v) is 7.38. The molecule has 118 valence electrons. The standard InChI is InChI=1S/C15H22F3N3/c1-11(2)20-10-12-5-8-21(9-6-12)14-13(15(16,17)18)4-3-7-19-14/h3-4,7,11-12,20H,5-6,8-10H2,1-2H3. The van der Waals surface area contributed by atoms with Crippen molar-refractivity contribution in [1.82, 2.24) is 10.3 Å². The van der Waals surface area contributed by atoms with Crippen LogP contribution in [0.4, 0.5) is 19.0 Å². The van der Waals surface area contributed by atoms with Crippen LogP contribution in [0.15, 0.2) is 18.3 Å². The summed E-state index contributed by atoms with van der Waals surface area (Å²) in [5.74, 6) is 0.599. The molecule has 1 fully saturated rings. The fourth-order valence-electron chi connectivity index (χ4n) is 2.62. The van der Waals surface area contributed by atoms with E-state index < -0.39 is 11.7 Å². The highest BCUT2D eigenvalue weighted by Gasteiger charge is 2.36. The summed E-state index contributed by atoms with van der Waals surface area (Å²) in [6.45, 7) is 6.38. The van der Waals surface area contributed by atoms with Crippen molar-refractivity contribution in [2.75, 3.05) is 24.5 Å². The van der Waals surface area contributed by atoms with E-state index in [1.165, 1.54) is 12.3 Å². The molecule has 0 aromatic carbocycles. The highest BCUT2D eigenvalue weighted by atomic mass is 19.4. The maximum atomic E-state index is 13.0. The molecular weight excluding hydrogens is 279 g/mol. The summed E-state index contributed by atoms with van der Waals surface area (Å²) >= 11 is 0. The van der Waals surface area contributed by atoms with Crippen molar-refractivity contribution in [2.24, 2.45) is 5.92 Å². The van der Waals surface area contributed by atoms with Crippen molar-refractivity contribution < 1.29 is 13.2 Å². The van der Waals surface area contributed by atoms with Crippen LogP contribution >= 0.6 is 0 Å². The van der Waals surface area contributed by atoms with Crippen molar-refractivity contribution in [3.05, 3.63) is 23.9 Å². The summed E-state index contributed by atoms with van der Waals surface area (Å²) in [4.78, 5) is 5.72. The molecule has 0 bridgehead atoms. The van der Waals surface area contributed by atoms with Crippen molar-refractivity contribution in [3.63, 3.8) is 0 Å². The zero-order valence-electron chi connectivity index (χ0n) is 12.5. The number of hydrogen-bond donors (Lipinski definition) is 1. The van der Waals surface area contributed by atoms with Crippen LogP contribution in [-0.2, 0) is 6.18 Å². The van der Waals surface area contributed by atoms with Gasteiger partial charge in [0.25, 0.3) is 0 Å². The number of nitrogens with zero attached hydrogens (tertiary/aromatic N) is 2. The van der Waals surface area contributed by atoms with Crippen LogP contribution in [0.3, 0.4) is 0 Å². The van der Waals surface area contributed by atoms with Gasteiger partial charge in [0.1, 0.15) is 5.82 Å². The van der Waals surface area contributed by atoms with E-state index in [9.17, 15) is 13.2 Å². The predicted octanol–water partition coefficient (Wildman–Crippen LogP) is 3.31. The lowest BCUT2D eigenvalue weighted by atomic mass is 9.96. The molecule has 1 saturated heterocycles. The predicted molar refractivity (Wildman–Crippen MR) is 77.3 cm³/mol. The molecule has 1 N–H and O–H groups in total. The Kier molecular flexibility index (Phi) is 5.08. The van der Waals surface area contributed by atoms with Crippen LogP contribution in [0, 0.1) is 5.92 Å². The van der Waals surface area contributed by atoms with Crippen molar-refractivity contribution >= 4 is 5.82 Å². The van der Waals surface area contributed by atoms with E-state index >= 15 is 0 Å². The van der Waals surface area contributed by atoms with Gasteiger partial charge in [0.05, 0.1) is 5.56 Å². The monoisotopic (exact) mass is 301 g/mol. The van der Waals surface area contributed by atoms with Gasteiger partial charge in [0.15, 0.2) is 0 Å². The molecule has 3 nitrogen and oxygen atoms in total. The number of anilines is 1. The Hall–Kier alpha value is -1.30. The van der Waals surface area contributed by atoms with Crippen LogP contribution in [0.5, 0.6) is 0 Å². The summed E-state index contributed by atoms with van der Waals surface area (Å²) in [6.07, 6.45) is -1.13. The number of alkyl halides is 3. The number of aromatic nitrogens is 1. The second kappa shape index (κ2) is 6.64. The van der Waals surface area contributed by atoms with Gasteiger partial charge < -0.3 is 10.2 Å². The first-order chi connectivity index (χ1) is 9.88. The fraction of sp³-hybridized carbons (Fsp3) is 0.667. The molecule has 0 aliphatic carbocycles. The van der Waals surface area contributed by atoms with E-state index in [4.69, 9.17) is 0 Å². The number of halogens is 3. The number of nitrogens with one attached hydrogen (secondary N) is 1. The molecule has 0 spiro atoms. The summed E-state index contributed by atoms with van der Waals surface area (Å²) in [6, 6.07) is 2.89. The summed E-state index contributed by atoms with van der Waals surface area (Å²) in [5, 5.41) is 3.39. The molecule has 1 aromatic heterocycles. The van der Waals surface area contributed by atoms with E-state index in [0.717, 1.165) is 25.5 Å². The molecule has 0 radical (unpaired) electrons. The van der Waals surface area contributed by atoms with Crippen molar-refractivity contribution in [2.45, 2.75) is 38.9 Å². The SMILES string of the molecule is CC(C)NCC1CCN(c2ncccc2C(F)(F)F)CC1. The number of piperidine rings is 1. The van der Waals surface area contributed by atoms with Gasteiger partial charge in [-0.15, -0.1) is 0 Å². The van der Waals surface area contributed by atoms with Gasteiger partial charge in [0.2, 0.25) is 0 Å².